The number of carbonyl (C=O) groups is 1. The van der Waals surface area contributed by atoms with Gasteiger partial charge in [-0.3, -0.25) is 4.79 Å². The first-order valence-corrected chi connectivity index (χ1v) is 8.18. The average molecular weight is 349 g/mol. The molecule has 0 radical (unpaired) electrons. The van der Waals surface area contributed by atoms with Crippen molar-refractivity contribution in [1.82, 2.24) is 0 Å². The van der Waals surface area contributed by atoms with Gasteiger partial charge in [0.1, 0.15) is 18.1 Å². The molecule has 0 aliphatic rings. The maximum absolute atomic E-state index is 12.5. The van der Waals surface area contributed by atoms with Gasteiger partial charge in [0.25, 0.3) is 5.91 Å². The minimum absolute atomic E-state index is 0.278. The quantitative estimate of drug-likeness (QED) is 0.762. The summed E-state index contributed by atoms with van der Waals surface area (Å²) in [4.78, 5) is 12.5. The SMILES string of the molecule is CCCOc1ccc(Cl)cc1C(=O)Nc1ccc(OCCN)cc1. The van der Waals surface area contributed by atoms with Crippen molar-refractivity contribution in [3.8, 4) is 11.5 Å². The van der Waals surface area contributed by atoms with Crippen molar-refractivity contribution < 1.29 is 14.3 Å². The third-order valence-corrected chi connectivity index (χ3v) is 3.38. The van der Waals surface area contributed by atoms with Crippen molar-refractivity contribution in [2.24, 2.45) is 5.73 Å². The molecule has 0 spiro atoms. The summed E-state index contributed by atoms with van der Waals surface area (Å²) in [7, 11) is 0. The first-order valence-electron chi connectivity index (χ1n) is 7.80. The summed E-state index contributed by atoms with van der Waals surface area (Å²) in [5.74, 6) is 0.939. The second-order valence-corrected chi connectivity index (χ2v) is 5.54. The predicted molar refractivity (Wildman–Crippen MR) is 96.2 cm³/mol. The molecule has 0 fully saturated rings. The van der Waals surface area contributed by atoms with E-state index in [1.165, 1.54) is 0 Å². The molecule has 0 saturated carbocycles. The molecule has 0 aliphatic carbocycles. The molecule has 6 heteroatoms. The number of nitrogens with one attached hydrogen (secondary N) is 1. The van der Waals surface area contributed by atoms with E-state index in [9.17, 15) is 4.79 Å². The Balaban J connectivity index is 2.10. The van der Waals surface area contributed by atoms with Crippen molar-refractivity contribution in [3.05, 3.63) is 53.1 Å². The second-order valence-electron chi connectivity index (χ2n) is 5.10. The Hall–Kier alpha value is -2.24. The number of hydrogen-bond donors (Lipinski definition) is 2. The Kier molecular flexibility index (Phi) is 6.90. The minimum Gasteiger partial charge on any atom is -0.493 e. The van der Waals surface area contributed by atoms with Gasteiger partial charge in [0.05, 0.1) is 12.2 Å². The van der Waals surface area contributed by atoms with Crippen molar-refractivity contribution in [2.75, 3.05) is 25.1 Å². The Morgan fingerprint density at radius 1 is 1.12 bits per heavy atom. The molecule has 24 heavy (non-hydrogen) atoms. The molecule has 2 aromatic carbocycles. The molecule has 0 saturated heterocycles. The summed E-state index contributed by atoms with van der Waals surface area (Å²) >= 11 is 6.00. The van der Waals surface area contributed by atoms with Gasteiger partial charge in [0.15, 0.2) is 0 Å². The van der Waals surface area contributed by atoms with Crippen molar-refractivity contribution in [3.63, 3.8) is 0 Å². The number of hydrogen-bond acceptors (Lipinski definition) is 4. The van der Waals surface area contributed by atoms with Crippen LogP contribution >= 0.6 is 11.6 Å². The van der Waals surface area contributed by atoms with Crippen molar-refractivity contribution in [2.45, 2.75) is 13.3 Å². The van der Waals surface area contributed by atoms with Gasteiger partial charge in [-0.25, -0.2) is 0 Å². The Bertz CT molecular complexity index is 674. The van der Waals surface area contributed by atoms with Gasteiger partial charge >= 0.3 is 0 Å². The smallest absolute Gasteiger partial charge is 0.259 e. The van der Waals surface area contributed by atoms with Gasteiger partial charge in [-0.2, -0.15) is 0 Å². The molecule has 2 aromatic rings. The number of nitrogens with two attached hydrogens (primary N) is 1. The van der Waals surface area contributed by atoms with E-state index in [2.05, 4.69) is 5.32 Å². The maximum atomic E-state index is 12.5. The van der Waals surface area contributed by atoms with E-state index >= 15 is 0 Å². The lowest BCUT2D eigenvalue weighted by molar-refractivity contribution is 0.102. The van der Waals surface area contributed by atoms with Crippen LogP contribution in [0.25, 0.3) is 0 Å². The largest absolute Gasteiger partial charge is 0.493 e. The van der Waals surface area contributed by atoms with Crippen LogP contribution in [-0.2, 0) is 0 Å². The summed E-state index contributed by atoms with van der Waals surface area (Å²) in [5.41, 5.74) is 6.45. The van der Waals surface area contributed by atoms with Crippen LogP contribution in [0.2, 0.25) is 5.02 Å². The standard InChI is InChI=1S/C18H21ClN2O3/c1-2-10-24-17-8-3-13(19)12-16(17)18(22)21-14-4-6-15(7-5-14)23-11-9-20/h3-8,12H,2,9-11,20H2,1H3,(H,21,22). The van der Waals surface area contributed by atoms with Crippen LogP contribution in [0, 0.1) is 0 Å². The van der Waals surface area contributed by atoms with Crippen LogP contribution < -0.4 is 20.5 Å². The van der Waals surface area contributed by atoms with Crippen LogP contribution in [0.4, 0.5) is 5.69 Å². The Labute approximate surface area is 146 Å². The highest BCUT2D eigenvalue weighted by molar-refractivity contribution is 6.31. The molecular weight excluding hydrogens is 328 g/mol. The molecule has 5 nitrogen and oxygen atoms in total. The highest BCUT2D eigenvalue weighted by atomic mass is 35.5. The van der Waals surface area contributed by atoms with Crippen LogP contribution in [0.5, 0.6) is 11.5 Å². The molecule has 0 unspecified atom stereocenters. The van der Waals surface area contributed by atoms with Crippen molar-refractivity contribution >= 4 is 23.2 Å². The van der Waals surface area contributed by atoms with Crippen LogP contribution in [0.15, 0.2) is 42.5 Å². The lowest BCUT2D eigenvalue weighted by atomic mass is 10.1. The topological polar surface area (TPSA) is 73.6 Å². The van der Waals surface area contributed by atoms with Crippen LogP contribution in [0.1, 0.15) is 23.7 Å². The van der Waals surface area contributed by atoms with Crippen LogP contribution in [-0.4, -0.2) is 25.7 Å². The number of amides is 1. The van der Waals surface area contributed by atoms with Gasteiger partial charge < -0.3 is 20.5 Å². The third kappa shape index (κ3) is 5.15. The predicted octanol–water partition coefficient (Wildman–Crippen LogP) is 3.72. The zero-order valence-corrected chi connectivity index (χ0v) is 14.3. The van der Waals surface area contributed by atoms with Gasteiger partial charge in [0.2, 0.25) is 0 Å². The fourth-order valence-electron chi connectivity index (χ4n) is 2.03. The average Bonchev–Trinajstić information content (AvgIpc) is 2.60. The normalized spacial score (nSPS) is 10.3. The van der Waals surface area contributed by atoms with Gasteiger partial charge in [0, 0.05) is 17.3 Å². The number of halogens is 1. The fourth-order valence-corrected chi connectivity index (χ4v) is 2.20. The lowest BCUT2D eigenvalue weighted by Crippen LogP contribution is -2.14. The molecule has 3 N–H and O–H groups in total. The number of carbonyl (C=O) groups excluding carboxylic acids is 1. The zero-order chi connectivity index (χ0) is 17.4. The minimum atomic E-state index is -0.278. The summed E-state index contributed by atoms with van der Waals surface area (Å²) < 4.78 is 11.0. The fraction of sp³-hybridized carbons (Fsp3) is 0.278. The number of benzene rings is 2. The van der Waals surface area contributed by atoms with E-state index in [0.29, 0.717) is 47.5 Å². The van der Waals surface area contributed by atoms with E-state index < -0.39 is 0 Å². The molecule has 0 heterocycles. The molecule has 0 bridgehead atoms. The van der Waals surface area contributed by atoms with Crippen molar-refractivity contribution in [1.29, 1.82) is 0 Å². The van der Waals surface area contributed by atoms with E-state index in [-0.39, 0.29) is 5.91 Å². The maximum Gasteiger partial charge on any atom is 0.259 e. The van der Waals surface area contributed by atoms with Crippen LogP contribution in [0.3, 0.4) is 0 Å². The van der Waals surface area contributed by atoms with Gasteiger partial charge in [-0.05, 0) is 48.9 Å². The van der Waals surface area contributed by atoms with E-state index in [1.54, 1.807) is 42.5 Å². The molecule has 128 valence electrons. The molecule has 0 atom stereocenters. The van der Waals surface area contributed by atoms with Gasteiger partial charge in [-0.15, -0.1) is 0 Å². The molecule has 1 amide bonds. The van der Waals surface area contributed by atoms with Gasteiger partial charge in [-0.1, -0.05) is 18.5 Å². The summed E-state index contributed by atoms with van der Waals surface area (Å²) in [6.45, 7) is 3.44. The first kappa shape index (κ1) is 18.1. The summed E-state index contributed by atoms with van der Waals surface area (Å²) in [6.07, 6.45) is 0.855. The third-order valence-electron chi connectivity index (χ3n) is 3.15. The zero-order valence-electron chi connectivity index (χ0n) is 13.5. The second kappa shape index (κ2) is 9.15. The lowest BCUT2D eigenvalue weighted by Gasteiger charge is -2.12. The Morgan fingerprint density at radius 3 is 2.54 bits per heavy atom. The molecular formula is C18H21ClN2O3. The summed E-state index contributed by atoms with van der Waals surface area (Å²) in [5, 5.41) is 3.31. The number of anilines is 1. The van der Waals surface area contributed by atoms with E-state index in [1.807, 2.05) is 6.92 Å². The van der Waals surface area contributed by atoms with E-state index in [0.717, 1.165) is 6.42 Å². The molecule has 0 aliphatic heterocycles. The summed E-state index contributed by atoms with van der Waals surface area (Å²) in [6, 6.07) is 12.1. The highest BCUT2D eigenvalue weighted by Gasteiger charge is 2.14. The number of ether oxygens (including phenoxy) is 2. The van der Waals surface area contributed by atoms with E-state index in [4.69, 9.17) is 26.8 Å². The molecule has 2 rings (SSSR count). The number of rotatable bonds is 8. The Morgan fingerprint density at radius 2 is 1.88 bits per heavy atom. The highest BCUT2D eigenvalue weighted by Crippen LogP contribution is 2.25. The monoisotopic (exact) mass is 348 g/mol. The first-order chi connectivity index (χ1) is 11.6. The molecule has 0 aromatic heterocycles.